The van der Waals surface area contributed by atoms with Gasteiger partial charge in [-0.05, 0) is 93.7 Å². The van der Waals surface area contributed by atoms with Crippen molar-refractivity contribution in [2.24, 2.45) is 23.2 Å². The molecule has 0 radical (unpaired) electrons. The summed E-state index contributed by atoms with van der Waals surface area (Å²) in [6.45, 7) is 2.38. The first kappa shape index (κ1) is 12.4. The quantitative estimate of drug-likeness (QED) is 0.775. The summed E-state index contributed by atoms with van der Waals surface area (Å²) < 4.78 is 0. The maximum absolute atomic E-state index is 5.48. The molecule has 19 heavy (non-hydrogen) atoms. The van der Waals surface area contributed by atoms with Crippen LogP contribution < -0.4 is 10.6 Å². The molecule has 0 aromatic rings. The lowest BCUT2D eigenvalue weighted by Crippen LogP contribution is -2.57. The summed E-state index contributed by atoms with van der Waals surface area (Å²) >= 11 is 5.48. The van der Waals surface area contributed by atoms with E-state index in [2.05, 4.69) is 17.6 Å². The van der Waals surface area contributed by atoms with E-state index in [0.717, 1.165) is 22.9 Å². The van der Waals surface area contributed by atoms with Crippen LogP contribution in [0.5, 0.6) is 0 Å². The molecule has 0 spiro atoms. The van der Waals surface area contributed by atoms with E-state index >= 15 is 0 Å². The fourth-order valence-corrected chi connectivity index (χ4v) is 5.86. The molecule has 0 aliphatic heterocycles. The molecule has 5 saturated carbocycles. The largest absolute Gasteiger partial charge is 0.360 e. The van der Waals surface area contributed by atoms with E-state index in [4.69, 9.17) is 12.2 Å². The lowest BCUT2D eigenvalue weighted by atomic mass is 9.48. The Bertz CT molecular complexity index is 353. The van der Waals surface area contributed by atoms with Gasteiger partial charge >= 0.3 is 0 Å². The molecular formula is C16H26N2S. The van der Waals surface area contributed by atoms with E-state index in [1.165, 1.54) is 51.4 Å². The van der Waals surface area contributed by atoms with Crippen molar-refractivity contribution in [1.29, 1.82) is 0 Å². The van der Waals surface area contributed by atoms with Gasteiger partial charge in [0.05, 0.1) is 0 Å². The Labute approximate surface area is 122 Å². The molecule has 106 valence electrons. The Morgan fingerprint density at radius 2 is 1.58 bits per heavy atom. The lowest BCUT2D eigenvalue weighted by Gasteiger charge is -2.59. The van der Waals surface area contributed by atoms with Crippen molar-refractivity contribution in [3.8, 4) is 0 Å². The van der Waals surface area contributed by atoms with Gasteiger partial charge < -0.3 is 10.6 Å². The van der Waals surface area contributed by atoms with Crippen LogP contribution in [0.15, 0.2) is 0 Å². The summed E-state index contributed by atoms with van der Waals surface area (Å²) in [5.74, 6) is 3.08. The predicted molar refractivity (Wildman–Crippen MR) is 82.0 cm³/mol. The molecule has 5 aliphatic rings. The summed E-state index contributed by atoms with van der Waals surface area (Å²) in [4.78, 5) is 0. The van der Waals surface area contributed by atoms with E-state index in [0.29, 0.717) is 17.5 Å². The normalized spacial score (nSPS) is 45.0. The van der Waals surface area contributed by atoms with E-state index in [1.54, 1.807) is 0 Å². The van der Waals surface area contributed by atoms with Gasteiger partial charge in [-0.15, -0.1) is 0 Å². The standard InChI is InChI=1S/C16H26N2S/c1-10(17-15(19)18-14-2-3-14)16-7-11-4-12(8-16)6-13(5-11)9-16/h10-14H,2-9H2,1H3,(H2,17,18,19)/t10-,11?,12?,13?,16?/m1/s1. The second kappa shape index (κ2) is 4.34. The number of nitrogens with one attached hydrogen (secondary N) is 2. The Balaban J connectivity index is 1.43. The molecule has 1 atom stereocenters. The molecule has 5 fully saturated rings. The predicted octanol–water partition coefficient (Wildman–Crippen LogP) is 3.22. The van der Waals surface area contributed by atoms with Crippen molar-refractivity contribution in [3.63, 3.8) is 0 Å². The van der Waals surface area contributed by atoms with Crippen molar-refractivity contribution in [2.45, 2.75) is 70.4 Å². The zero-order valence-corrected chi connectivity index (χ0v) is 12.8. The summed E-state index contributed by atoms with van der Waals surface area (Å²) in [5, 5.41) is 7.97. The monoisotopic (exact) mass is 278 g/mol. The molecular weight excluding hydrogens is 252 g/mol. The van der Waals surface area contributed by atoms with Gasteiger partial charge in [0.15, 0.2) is 5.11 Å². The fourth-order valence-electron chi connectivity index (χ4n) is 5.51. The second-order valence-corrected chi connectivity index (χ2v) is 8.30. The van der Waals surface area contributed by atoms with E-state index in [9.17, 15) is 0 Å². The van der Waals surface area contributed by atoms with Gasteiger partial charge in [0, 0.05) is 12.1 Å². The highest BCUT2D eigenvalue weighted by molar-refractivity contribution is 7.80. The minimum Gasteiger partial charge on any atom is -0.360 e. The molecule has 0 saturated heterocycles. The first-order valence-corrected chi connectivity index (χ1v) is 8.61. The third-order valence-electron chi connectivity index (χ3n) is 6.26. The molecule has 5 aliphatic carbocycles. The average Bonchev–Trinajstić information content (AvgIpc) is 3.10. The Morgan fingerprint density at radius 3 is 2.05 bits per heavy atom. The third-order valence-corrected chi connectivity index (χ3v) is 6.50. The minimum atomic E-state index is 0.555. The highest BCUT2D eigenvalue weighted by atomic mass is 32.1. The Kier molecular flexibility index (Phi) is 2.84. The van der Waals surface area contributed by atoms with Crippen LogP contribution in [0.25, 0.3) is 0 Å². The molecule has 2 N–H and O–H groups in total. The van der Waals surface area contributed by atoms with Crippen LogP contribution in [0.4, 0.5) is 0 Å². The van der Waals surface area contributed by atoms with Gasteiger partial charge in [0.1, 0.15) is 0 Å². The van der Waals surface area contributed by atoms with Gasteiger partial charge in [-0.3, -0.25) is 0 Å². The maximum atomic E-state index is 5.48. The molecule has 0 heterocycles. The highest BCUT2D eigenvalue weighted by Crippen LogP contribution is 2.61. The smallest absolute Gasteiger partial charge is 0.166 e. The summed E-state index contributed by atoms with van der Waals surface area (Å²) in [6, 6.07) is 1.23. The highest BCUT2D eigenvalue weighted by Gasteiger charge is 2.53. The van der Waals surface area contributed by atoms with Crippen molar-refractivity contribution >= 4 is 17.3 Å². The second-order valence-electron chi connectivity index (χ2n) is 7.89. The van der Waals surface area contributed by atoms with E-state index < -0.39 is 0 Å². The molecule has 0 aromatic heterocycles. The number of rotatable bonds is 3. The molecule has 4 bridgehead atoms. The first-order valence-electron chi connectivity index (χ1n) is 8.20. The van der Waals surface area contributed by atoms with Gasteiger partial charge in [-0.25, -0.2) is 0 Å². The average molecular weight is 278 g/mol. The van der Waals surface area contributed by atoms with Crippen LogP contribution in [-0.4, -0.2) is 17.2 Å². The summed E-state index contributed by atoms with van der Waals surface area (Å²) in [5.41, 5.74) is 0.560. The SMILES string of the molecule is C[C@@H](NC(=S)NC1CC1)C12CC3CC(CC(C3)C1)C2. The zero-order valence-electron chi connectivity index (χ0n) is 12.0. The zero-order chi connectivity index (χ0) is 13.0. The topological polar surface area (TPSA) is 24.1 Å². The van der Waals surface area contributed by atoms with Crippen LogP contribution in [0.2, 0.25) is 0 Å². The minimum absolute atomic E-state index is 0.555. The van der Waals surface area contributed by atoms with Crippen molar-refractivity contribution in [2.75, 3.05) is 0 Å². The number of hydrogen-bond acceptors (Lipinski definition) is 1. The molecule has 3 heteroatoms. The molecule has 0 amide bonds. The molecule has 2 nitrogen and oxygen atoms in total. The van der Waals surface area contributed by atoms with Gasteiger partial charge in [-0.2, -0.15) is 0 Å². The third kappa shape index (κ3) is 2.28. The van der Waals surface area contributed by atoms with Crippen molar-refractivity contribution in [1.82, 2.24) is 10.6 Å². The van der Waals surface area contributed by atoms with Crippen molar-refractivity contribution < 1.29 is 0 Å². The van der Waals surface area contributed by atoms with Crippen molar-refractivity contribution in [3.05, 3.63) is 0 Å². The van der Waals surface area contributed by atoms with Crippen LogP contribution in [-0.2, 0) is 0 Å². The molecule has 0 aromatic carbocycles. The summed E-state index contributed by atoms with van der Waals surface area (Å²) in [7, 11) is 0. The van der Waals surface area contributed by atoms with Crippen LogP contribution in [0.1, 0.15) is 58.3 Å². The van der Waals surface area contributed by atoms with E-state index in [1.807, 2.05) is 0 Å². The van der Waals surface area contributed by atoms with Crippen LogP contribution in [0.3, 0.4) is 0 Å². The first-order chi connectivity index (χ1) is 9.13. The number of thiocarbonyl (C=S) groups is 1. The molecule has 5 rings (SSSR count). The fraction of sp³-hybridized carbons (Fsp3) is 0.938. The van der Waals surface area contributed by atoms with Gasteiger partial charge in [-0.1, -0.05) is 0 Å². The summed E-state index contributed by atoms with van der Waals surface area (Å²) in [6.07, 6.45) is 11.5. The Morgan fingerprint density at radius 1 is 1.05 bits per heavy atom. The van der Waals surface area contributed by atoms with E-state index in [-0.39, 0.29) is 0 Å². The van der Waals surface area contributed by atoms with Gasteiger partial charge in [0.2, 0.25) is 0 Å². The number of hydrogen-bond donors (Lipinski definition) is 2. The Hall–Kier alpha value is -0.310. The maximum Gasteiger partial charge on any atom is 0.166 e. The van der Waals surface area contributed by atoms with Crippen LogP contribution in [0, 0.1) is 23.2 Å². The van der Waals surface area contributed by atoms with Gasteiger partial charge in [0.25, 0.3) is 0 Å². The molecule has 0 unspecified atom stereocenters. The van der Waals surface area contributed by atoms with Crippen LogP contribution >= 0.6 is 12.2 Å². The lowest BCUT2D eigenvalue weighted by molar-refractivity contribution is -0.0672.